The summed E-state index contributed by atoms with van der Waals surface area (Å²) in [4.78, 5) is 12.4. The fraction of sp³-hybridized carbons (Fsp3) is 0.107. The predicted molar refractivity (Wildman–Crippen MR) is 243 cm³/mol. The highest BCUT2D eigenvalue weighted by Crippen LogP contribution is 2.63. The second-order valence-electron chi connectivity index (χ2n) is 17.5. The molecule has 0 aliphatic heterocycles. The van der Waals surface area contributed by atoms with E-state index < -0.39 is 5.41 Å². The largest absolute Gasteiger partial charge is 0.453 e. The Hall–Kier alpha value is -7.30. The normalized spacial score (nSPS) is 15.3. The van der Waals surface area contributed by atoms with Crippen molar-refractivity contribution in [3.8, 4) is 33.6 Å². The summed E-state index contributed by atoms with van der Waals surface area (Å²) >= 11 is 0. The molecule has 282 valence electrons. The van der Waals surface area contributed by atoms with Gasteiger partial charge in [0.05, 0.1) is 22.5 Å². The number of benzene rings is 7. The molecule has 0 unspecified atom stereocenters. The molecule has 0 amide bonds. The SMILES string of the molecule is CC1(C)c2ccccc2-c2ccc(N(c3ccccc3)c3cccc4c3oc3c5c(ccc34)C3(c4cccnc4-c4ncccc43)c3ccc4c6c(ccc-5c36)CC4)cc21. The second kappa shape index (κ2) is 11.2. The average Bonchev–Trinajstić information content (AvgIpc) is 4.03. The van der Waals surface area contributed by atoms with E-state index in [2.05, 4.69) is 170 Å². The van der Waals surface area contributed by atoms with E-state index in [4.69, 9.17) is 14.4 Å². The van der Waals surface area contributed by atoms with E-state index in [0.717, 1.165) is 68.8 Å². The minimum Gasteiger partial charge on any atom is -0.453 e. The summed E-state index contributed by atoms with van der Waals surface area (Å²) in [6, 6.07) is 56.2. The number of nitrogens with zero attached hydrogens (tertiary/aromatic N) is 3. The van der Waals surface area contributed by atoms with Crippen LogP contribution in [0.5, 0.6) is 0 Å². The molecule has 4 aliphatic rings. The number of para-hydroxylation sites is 2. The van der Waals surface area contributed by atoms with E-state index in [1.807, 2.05) is 12.4 Å². The lowest BCUT2D eigenvalue weighted by Crippen LogP contribution is -2.32. The van der Waals surface area contributed by atoms with Crippen molar-refractivity contribution in [2.45, 2.75) is 37.5 Å². The Morgan fingerprint density at radius 2 is 1.15 bits per heavy atom. The van der Waals surface area contributed by atoms with Crippen LogP contribution >= 0.6 is 0 Å². The molecular weight excluding hydrogens is 731 g/mol. The molecule has 1 spiro atoms. The van der Waals surface area contributed by atoms with Gasteiger partial charge < -0.3 is 9.32 Å². The van der Waals surface area contributed by atoms with Crippen molar-refractivity contribution in [3.05, 3.63) is 209 Å². The van der Waals surface area contributed by atoms with Gasteiger partial charge in [-0.25, -0.2) is 0 Å². The first kappa shape index (κ1) is 32.6. The number of aryl methyl sites for hydroxylation is 2. The topological polar surface area (TPSA) is 42.2 Å². The molecule has 60 heavy (non-hydrogen) atoms. The van der Waals surface area contributed by atoms with Crippen LogP contribution in [0.4, 0.5) is 17.1 Å². The van der Waals surface area contributed by atoms with Crippen molar-refractivity contribution in [2.75, 3.05) is 4.90 Å². The number of hydrogen-bond donors (Lipinski definition) is 0. The maximum absolute atomic E-state index is 7.52. The van der Waals surface area contributed by atoms with Crippen molar-refractivity contribution in [2.24, 2.45) is 0 Å². The van der Waals surface area contributed by atoms with Crippen LogP contribution in [0.3, 0.4) is 0 Å². The number of fused-ring (bicyclic) bond motifs is 16. The highest BCUT2D eigenvalue weighted by Gasteiger charge is 2.52. The third-order valence-corrected chi connectivity index (χ3v) is 14.4. The first-order chi connectivity index (χ1) is 29.5. The van der Waals surface area contributed by atoms with Crippen LogP contribution in [-0.2, 0) is 23.7 Å². The molecule has 0 radical (unpaired) electrons. The van der Waals surface area contributed by atoms with Gasteiger partial charge in [-0.05, 0) is 127 Å². The van der Waals surface area contributed by atoms with Crippen LogP contribution in [0.1, 0.15) is 58.4 Å². The Kier molecular flexibility index (Phi) is 6.12. The molecule has 7 aromatic carbocycles. The van der Waals surface area contributed by atoms with Crippen molar-refractivity contribution < 1.29 is 4.42 Å². The summed E-state index contributed by atoms with van der Waals surface area (Å²) in [6.45, 7) is 4.70. The van der Waals surface area contributed by atoms with Crippen molar-refractivity contribution in [3.63, 3.8) is 0 Å². The third-order valence-electron chi connectivity index (χ3n) is 14.4. The van der Waals surface area contributed by atoms with Gasteiger partial charge in [-0.2, -0.15) is 0 Å². The molecule has 0 saturated carbocycles. The monoisotopic (exact) mass is 767 g/mol. The summed E-state index contributed by atoms with van der Waals surface area (Å²) in [5, 5.41) is 4.95. The van der Waals surface area contributed by atoms with E-state index in [9.17, 15) is 0 Å². The molecule has 14 rings (SSSR count). The molecule has 0 atom stereocenters. The summed E-state index contributed by atoms with van der Waals surface area (Å²) in [7, 11) is 0. The fourth-order valence-corrected chi connectivity index (χ4v) is 12.0. The van der Waals surface area contributed by atoms with Crippen molar-refractivity contribution >= 4 is 49.8 Å². The molecule has 3 aromatic heterocycles. The highest BCUT2D eigenvalue weighted by molar-refractivity contribution is 6.19. The number of aromatic nitrogens is 2. The van der Waals surface area contributed by atoms with Gasteiger partial charge in [0.1, 0.15) is 5.58 Å². The van der Waals surface area contributed by atoms with Gasteiger partial charge in [0.15, 0.2) is 5.58 Å². The molecule has 0 fully saturated rings. The van der Waals surface area contributed by atoms with E-state index in [1.54, 1.807) is 0 Å². The number of rotatable bonds is 3. The molecule has 0 bridgehead atoms. The van der Waals surface area contributed by atoms with Gasteiger partial charge in [0.2, 0.25) is 0 Å². The number of furan rings is 1. The molecule has 0 N–H and O–H groups in total. The van der Waals surface area contributed by atoms with Crippen molar-refractivity contribution in [1.82, 2.24) is 9.97 Å². The average molecular weight is 768 g/mol. The third kappa shape index (κ3) is 3.84. The molecular formula is C56H37N3O. The Bertz CT molecular complexity index is 3480. The van der Waals surface area contributed by atoms with E-state index in [-0.39, 0.29) is 5.41 Å². The second-order valence-corrected chi connectivity index (χ2v) is 17.5. The van der Waals surface area contributed by atoms with Gasteiger partial charge >= 0.3 is 0 Å². The molecule has 4 heteroatoms. The minimum atomic E-state index is -0.615. The summed E-state index contributed by atoms with van der Waals surface area (Å²) in [5.41, 5.74) is 21.6. The van der Waals surface area contributed by atoms with Gasteiger partial charge in [-0.1, -0.05) is 123 Å². The maximum Gasteiger partial charge on any atom is 0.159 e. The van der Waals surface area contributed by atoms with Crippen LogP contribution < -0.4 is 4.90 Å². The standard InChI is InChI=1S/C56H37N3O/c1-55(2)41-15-7-6-13-36(41)37-25-23-35(31-46(37)55)59(34-11-4-3-5-12-34)47-18-8-14-38-39-26-28-43-50(54(39)60-53(38)47)40-24-21-32-19-20-33-22-27-42(49(40)48(32)33)56(43)44-16-9-29-57-51(44)52-45(56)17-10-30-58-52/h3-18,21-31H,19-20H2,1-2H3. The maximum atomic E-state index is 7.52. The zero-order chi connectivity index (χ0) is 39.5. The van der Waals surface area contributed by atoms with Gasteiger partial charge in [-0.15, -0.1) is 0 Å². The van der Waals surface area contributed by atoms with Gasteiger partial charge in [0, 0.05) is 45.5 Å². The van der Waals surface area contributed by atoms with Crippen LogP contribution in [-0.4, -0.2) is 9.97 Å². The molecule has 3 heterocycles. The van der Waals surface area contributed by atoms with Crippen LogP contribution in [0.25, 0.3) is 66.4 Å². The Morgan fingerprint density at radius 3 is 1.95 bits per heavy atom. The lowest BCUT2D eigenvalue weighted by molar-refractivity contribution is 0.660. The molecule has 0 saturated heterocycles. The quantitative estimate of drug-likeness (QED) is 0.180. The fourth-order valence-electron chi connectivity index (χ4n) is 12.0. The highest BCUT2D eigenvalue weighted by atomic mass is 16.3. The van der Waals surface area contributed by atoms with E-state index in [1.165, 1.54) is 72.0 Å². The number of anilines is 3. The zero-order valence-corrected chi connectivity index (χ0v) is 33.3. The number of hydrogen-bond acceptors (Lipinski definition) is 4. The smallest absolute Gasteiger partial charge is 0.159 e. The molecule has 4 aliphatic carbocycles. The Balaban J connectivity index is 1.08. The van der Waals surface area contributed by atoms with Gasteiger partial charge in [0.25, 0.3) is 0 Å². The minimum absolute atomic E-state index is 0.133. The lowest BCUT2D eigenvalue weighted by Gasteiger charge is -2.39. The molecule has 10 aromatic rings. The number of pyridine rings is 2. The first-order valence-electron chi connectivity index (χ1n) is 21.1. The predicted octanol–water partition coefficient (Wildman–Crippen LogP) is 13.7. The summed E-state index contributed by atoms with van der Waals surface area (Å²) in [6.07, 6.45) is 5.93. The summed E-state index contributed by atoms with van der Waals surface area (Å²) < 4.78 is 7.52. The van der Waals surface area contributed by atoms with Crippen LogP contribution in [0.2, 0.25) is 0 Å². The Labute approximate surface area is 347 Å². The van der Waals surface area contributed by atoms with Crippen LogP contribution in [0, 0.1) is 0 Å². The van der Waals surface area contributed by atoms with E-state index in [0.29, 0.717) is 0 Å². The summed E-state index contributed by atoms with van der Waals surface area (Å²) in [5.74, 6) is 0. The van der Waals surface area contributed by atoms with Crippen LogP contribution in [0.15, 0.2) is 168 Å². The van der Waals surface area contributed by atoms with E-state index >= 15 is 0 Å². The lowest BCUT2D eigenvalue weighted by atomic mass is 9.61. The zero-order valence-electron chi connectivity index (χ0n) is 33.3. The Morgan fingerprint density at radius 1 is 0.483 bits per heavy atom. The molecule has 4 nitrogen and oxygen atoms in total. The van der Waals surface area contributed by atoms with Crippen molar-refractivity contribution in [1.29, 1.82) is 0 Å². The van der Waals surface area contributed by atoms with Gasteiger partial charge in [-0.3, -0.25) is 9.97 Å². The first-order valence-corrected chi connectivity index (χ1v) is 21.1.